The van der Waals surface area contributed by atoms with Gasteiger partial charge in [-0.1, -0.05) is 17.3 Å². The maximum Gasteiger partial charge on any atom is 0.296 e. The summed E-state index contributed by atoms with van der Waals surface area (Å²) in [6.45, 7) is 1.39. The molecule has 0 saturated carbocycles. The summed E-state index contributed by atoms with van der Waals surface area (Å²) < 4.78 is 11.0. The Balaban J connectivity index is 1.45. The van der Waals surface area contributed by atoms with Gasteiger partial charge in [0.25, 0.3) is 5.91 Å². The van der Waals surface area contributed by atoms with E-state index in [2.05, 4.69) is 17.3 Å². The van der Waals surface area contributed by atoms with Crippen molar-refractivity contribution in [3.05, 3.63) is 59.9 Å². The maximum absolute atomic E-state index is 13.1. The third-order valence-corrected chi connectivity index (χ3v) is 6.04. The number of anilines is 1. The molecule has 0 bridgehead atoms. The number of para-hydroxylation sites is 1. The Labute approximate surface area is 161 Å². The number of hydrogen-bond acceptors (Lipinski definition) is 5. The minimum Gasteiger partial charge on any atom is -0.493 e. The van der Waals surface area contributed by atoms with Crippen LogP contribution in [0.5, 0.6) is 5.75 Å². The van der Waals surface area contributed by atoms with Crippen LogP contribution in [-0.4, -0.2) is 30.0 Å². The predicted molar refractivity (Wildman–Crippen MR) is 105 cm³/mol. The van der Waals surface area contributed by atoms with Crippen LogP contribution < -0.4 is 9.64 Å². The van der Waals surface area contributed by atoms with Crippen LogP contribution in [0.15, 0.2) is 57.9 Å². The van der Waals surface area contributed by atoms with E-state index in [0.717, 1.165) is 40.5 Å². The van der Waals surface area contributed by atoms with Crippen LogP contribution >= 0.6 is 11.8 Å². The van der Waals surface area contributed by atoms with E-state index in [1.807, 2.05) is 30.3 Å². The van der Waals surface area contributed by atoms with Crippen molar-refractivity contribution in [2.45, 2.75) is 17.7 Å². The zero-order chi connectivity index (χ0) is 18.2. The Morgan fingerprint density at radius 1 is 1.15 bits per heavy atom. The molecule has 5 nitrogen and oxygen atoms in total. The first kappa shape index (κ1) is 16.4. The number of ether oxygens (including phenoxy) is 1. The number of thioether (sulfide) groups is 1. The number of nitrogens with zero attached hydrogens (tertiary/aromatic N) is 2. The molecule has 0 unspecified atom stereocenters. The molecule has 3 heterocycles. The smallest absolute Gasteiger partial charge is 0.296 e. The molecule has 0 radical (unpaired) electrons. The fourth-order valence-corrected chi connectivity index (χ4v) is 4.52. The third-order valence-electron chi connectivity index (χ3n) is 4.89. The fraction of sp³-hybridized carbons (Fsp3) is 0.238. The van der Waals surface area contributed by atoms with Gasteiger partial charge in [0.15, 0.2) is 0 Å². The highest BCUT2D eigenvalue weighted by Crippen LogP contribution is 2.35. The molecule has 0 atom stereocenters. The van der Waals surface area contributed by atoms with E-state index in [4.69, 9.17) is 9.26 Å². The van der Waals surface area contributed by atoms with Gasteiger partial charge in [-0.25, -0.2) is 0 Å². The molecular formula is C21H18N2O3S. The van der Waals surface area contributed by atoms with E-state index in [1.54, 1.807) is 22.7 Å². The van der Waals surface area contributed by atoms with Gasteiger partial charge in [-0.05, 0) is 48.1 Å². The molecule has 0 spiro atoms. The summed E-state index contributed by atoms with van der Waals surface area (Å²) in [5.41, 5.74) is 3.72. The highest BCUT2D eigenvalue weighted by Gasteiger charge is 2.26. The summed E-state index contributed by atoms with van der Waals surface area (Å²) in [5, 5.41) is 4.14. The monoisotopic (exact) mass is 378 g/mol. The second-order valence-corrected chi connectivity index (χ2v) is 7.76. The van der Waals surface area contributed by atoms with E-state index < -0.39 is 0 Å². The largest absolute Gasteiger partial charge is 0.493 e. The number of amides is 1. The molecule has 0 aliphatic carbocycles. The summed E-state index contributed by atoms with van der Waals surface area (Å²) in [6, 6.07) is 15.7. The molecule has 5 rings (SSSR count). The second kappa shape index (κ2) is 6.78. The summed E-state index contributed by atoms with van der Waals surface area (Å²) in [5.74, 6) is 2.05. The van der Waals surface area contributed by atoms with Gasteiger partial charge in [0, 0.05) is 29.5 Å². The minimum absolute atomic E-state index is 0.145. The lowest BCUT2D eigenvalue weighted by Gasteiger charge is -2.20. The topological polar surface area (TPSA) is 55.6 Å². The van der Waals surface area contributed by atoms with Crippen LogP contribution in [0.25, 0.3) is 11.3 Å². The molecule has 2 aliphatic rings. The Kier molecular flexibility index (Phi) is 4.13. The van der Waals surface area contributed by atoms with Gasteiger partial charge in [0.1, 0.15) is 11.4 Å². The van der Waals surface area contributed by atoms with Crippen molar-refractivity contribution in [3.63, 3.8) is 0 Å². The zero-order valence-corrected chi connectivity index (χ0v) is 15.5. The van der Waals surface area contributed by atoms with Crippen molar-refractivity contribution >= 4 is 23.4 Å². The van der Waals surface area contributed by atoms with Crippen molar-refractivity contribution in [2.24, 2.45) is 0 Å². The van der Waals surface area contributed by atoms with Crippen molar-refractivity contribution in [1.82, 2.24) is 5.16 Å². The van der Waals surface area contributed by atoms with Gasteiger partial charge in [-0.15, -0.1) is 11.8 Å². The Morgan fingerprint density at radius 3 is 3.04 bits per heavy atom. The minimum atomic E-state index is -0.145. The number of aromatic nitrogens is 1. The lowest BCUT2D eigenvalue weighted by molar-refractivity contribution is 0.0951. The lowest BCUT2D eigenvalue weighted by atomic mass is 10.1. The highest BCUT2D eigenvalue weighted by atomic mass is 32.2. The van der Waals surface area contributed by atoms with Crippen molar-refractivity contribution in [2.75, 3.05) is 23.8 Å². The quantitative estimate of drug-likeness (QED) is 0.661. The molecule has 2 aliphatic heterocycles. The molecule has 3 aromatic rings. The SMILES string of the molecule is O=C(c1cc(-c2ccc3c(c2)CCO3)no1)N1CCCSc2ccccc21. The van der Waals surface area contributed by atoms with Gasteiger partial charge in [-0.3, -0.25) is 4.79 Å². The van der Waals surface area contributed by atoms with Crippen LogP contribution in [0.1, 0.15) is 22.5 Å². The molecular weight excluding hydrogens is 360 g/mol. The Hall–Kier alpha value is -2.73. The zero-order valence-electron chi connectivity index (χ0n) is 14.7. The van der Waals surface area contributed by atoms with Gasteiger partial charge in [0.05, 0.1) is 12.3 Å². The number of fused-ring (bicyclic) bond motifs is 2. The average molecular weight is 378 g/mol. The Bertz CT molecular complexity index is 1010. The maximum atomic E-state index is 13.1. The standard InChI is InChI=1S/C21H18N2O3S/c24-21(23-9-3-11-27-20-5-2-1-4-17(20)23)19-13-16(22-26-19)14-6-7-18-15(12-14)8-10-25-18/h1-2,4-7,12-13H,3,8-11H2. The van der Waals surface area contributed by atoms with Crippen molar-refractivity contribution in [3.8, 4) is 17.0 Å². The van der Waals surface area contributed by atoms with Gasteiger partial charge < -0.3 is 14.2 Å². The normalized spacial score (nSPS) is 15.6. The molecule has 1 aromatic heterocycles. The van der Waals surface area contributed by atoms with Gasteiger partial charge in [-0.2, -0.15) is 0 Å². The third kappa shape index (κ3) is 3.00. The first-order valence-corrected chi connectivity index (χ1v) is 10.0. The molecule has 136 valence electrons. The van der Waals surface area contributed by atoms with Gasteiger partial charge in [0.2, 0.25) is 5.76 Å². The van der Waals surface area contributed by atoms with E-state index >= 15 is 0 Å². The average Bonchev–Trinajstić information content (AvgIpc) is 3.32. The molecule has 27 heavy (non-hydrogen) atoms. The van der Waals surface area contributed by atoms with Crippen molar-refractivity contribution in [1.29, 1.82) is 0 Å². The van der Waals surface area contributed by atoms with Gasteiger partial charge >= 0.3 is 0 Å². The van der Waals surface area contributed by atoms with Crippen LogP contribution in [-0.2, 0) is 6.42 Å². The fourth-order valence-electron chi connectivity index (χ4n) is 3.53. The van der Waals surface area contributed by atoms with Crippen LogP contribution in [0.4, 0.5) is 5.69 Å². The predicted octanol–water partition coefficient (Wildman–Crippen LogP) is 4.42. The summed E-state index contributed by atoms with van der Waals surface area (Å²) in [6.07, 6.45) is 1.84. The second-order valence-electron chi connectivity index (χ2n) is 6.62. The summed E-state index contributed by atoms with van der Waals surface area (Å²) >= 11 is 1.79. The number of carbonyl (C=O) groups is 1. The number of carbonyl (C=O) groups excluding carboxylic acids is 1. The first-order chi connectivity index (χ1) is 13.3. The first-order valence-electron chi connectivity index (χ1n) is 9.06. The highest BCUT2D eigenvalue weighted by molar-refractivity contribution is 7.99. The summed E-state index contributed by atoms with van der Waals surface area (Å²) in [7, 11) is 0. The molecule has 0 fully saturated rings. The summed E-state index contributed by atoms with van der Waals surface area (Å²) in [4.78, 5) is 16.0. The number of rotatable bonds is 2. The van der Waals surface area contributed by atoms with E-state index in [-0.39, 0.29) is 11.7 Å². The Morgan fingerprint density at radius 2 is 2.07 bits per heavy atom. The molecule has 0 saturated heterocycles. The van der Waals surface area contributed by atoms with Crippen molar-refractivity contribution < 1.29 is 14.1 Å². The van der Waals surface area contributed by atoms with Crippen LogP contribution in [0.3, 0.4) is 0 Å². The molecule has 2 aromatic carbocycles. The molecule has 6 heteroatoms. The number of benzene rings is 2. The number of hydrogen-bond donors (Lipinski definition) is 0. The molecule has 1 amide bonds. The molecule has 0 N–H and O–H groups in total. The lowest BCUT2D eigenvalue weighted by Crippen LogP contribution is -2.31. The van der Waals surface area contributed by atoms with Crippen LogP contribution in [0.2, 0.25) is 0 Å². The van der Waals surface area contributed by atoms with Crippen LogP contribution in [0, 0.1) is 0 Å². The van der Waals surface area contributed by atoms with E-state index in [9.17, 15) is 4.79 Å². The van der Waals surface area contributed by atoms with E-state index in [1.165, 1.54) is 5.56 Å². The van der Waals surface area contributed by atoms with E-state index in [0.29, 0.717) is 18.8 Å².